The fraction of sp³-hybridized carbons (Fsp3) is 0. The Labute approximate surface area is 202 Å². The van der Waals surface area contributed by atoms with E-state index in [1.807, 2.05) is 36.4 Å². The van der Waals surface area contributed by atoms with E-state index < -0.39 is 0 Å². The van der Waals surface area contributed by atoms with Crippen LogP contribution < -0.4 is 0 Å². The van der Waals surface area contributed by atoms with Gasteiger partial charge in [0.15, 0.2) is 5.69 Å². The number of hydrogen-bond donors (Lipinski definition) is 0. The van der Waals surface area contributed by atoms with Crippen LogP contribution in [0, 0.1) is 17.9 Å². The van der Waals surface area contributed by atoms with Gasteiger partial charge in [0.1, 0.15) is 0 Å². The Bertz CT molecular complexity index is 1700. The van der Waals surface area contributed by atoms with Gasteiger partial charge >= 0.3 is 0 Å². The Hall–Kier alpha value is -5.26. The first-order valence-corrected chi connectivity index (χ1v) is 11.1. The summed E-state index contributed by atoms with van der Waals surface area (Å²) in [6.45, 7) is 7.34. The lowest BCUT2D eigenvalue weighted by atomic mass is 10.0. The molecule has 0 amide bonds. The van der Waals surface area contributed by atoms with Gasteiger partial charge in [-0.3, -0.25) is 9.97 Å². The highest BCUT2D eigenvalue weighted by atomic mass is 15.0. The van der Waals surface area contributed by atoms with Crippen molar-refractivity contribution in [1.29, 1.82) is 5.26 Å². The Kier molecular flexibility index (Phi) is 4.80. The van der Waals surface area contributed by atoms with Crippen LogP contribution in [0.15, 0.2) is 103 Å². The molecule has 0 bridgehead atoms. The minimum Gasteiger partial charge on any atom is -0.309 e. The standard InChI is InChI=1S/C30H17N5/c1-32-23-12-14-34-28(18-23)22-8-10-30-26(17-22)25-16-21(27-15-20(19-31)11-13-33-27)7-9-29(25)35(30)24-5-3-2-4-6-24/h2-18H. The van der Waals surface area contributed by atoms with Crippen LogP contribution in [-0.4, -0.2) is 14.5 Å². The van der Waals surface area contributed by atoms with Crippen molar-refractivity contribution in [2.24, 2.45) is 0 Å². The van der Waals surface area contributed by atoms with Crippen molar-refractivity contribution in [2.75, 3.05) is 0 Å². The van der Waals surface area contributed by atoms with Crippen LogP contribution >= 0.6 is 0 Å². The van der Waals surface area contributed by atoms with Crippen LogP contribution in [0.1, 0.15) is 5.56 Å². The number of rotatable bonds is 3. The summed E-state index contributed by atoms with van der Waals surface area (Å²) >= 11 is 0. The van der Waals surface area contributed by atoms with Crippen LogP contribution in [0.5, 0.6) is 0 Å². The molecule has 0 saturated heterocycles. The van der Waals surface area contributed by atoms with Crippen molar-refractivity contribution in [3.8, 4) is 34.3 Å². The maximum atomic E-state index is 9.32. The summed E-state index contributed by atoms with van der Waals surface area (Å²) in [4.78, 5) is 12.5. The smallest absolute Gasteiger partial charge is 0.190 e. The number of hydrogen-bond acceptors (Lipinski definition) is 3. The first-order chi connectivity index (χ1) is 17.2. The predicted octanol–water partition coefficient (Wildman–Crippen LogP) is 7.33. The Morgan fingerprint density at radius 1 is 0.714 bits per heavy atom. The van der Waals surface area contributed by atoms with E-state index in [4.69, 9.17) is 6.57 Å². The zero-order chi connectivity index (χ0) is 23.8. The number of nitriles is 1. The first-order valence-electron chi connectivity index (χ1n) is 11.1. The van der Waals surface area contributed by atoms with Gasteiger partial charge in [-0.05, 0) is 66.2 Å². The largest absolute Gasteiger partial charge is 0.309 e. The van der Waals surface area contributed by atoms with Crippen molar-refractivity contribution in [3.63, 3.8) is 0 Å². The SMILES string of the molecule is [C-]#[N+]c1ccnc(-c2ccc3c(c2)c2cc(-c4cc(C#N)ccn4)ccc2n3-c2ccccc2)c1. The van der Waals surface area contributed by atoms with Gasteiger partial charge in [-0.1, -0.05) is 30.3 Å². The van der Waals surface area contributed by atoms with Gasteiger partial charge in [0.05, 0.1) is 40.6 Å². The summed E-state index contributed by atoms with van der Waals surface area (Å²) in [6, 6.07) is 32.1. The summed E-state index contributed by atoms with van der Waals surface area (Å²) < 4.78 is 2.25. The molecule has 0 spiro atoms. The number of aromatic nitrogens is 3. The maximum absolute atomic E-state index is 9.32. The summed E-state index contributed by atoms with van der Waals surface area (Å²) in [7, 11) is 0. The average molecular weight is 448 g/mol. The van der Waals surface area contributed by atoms with E-state index in [0.717, 1.165) is 50.0 Å². The second kappa shape index (κ2) is 8.26. The lowest BCUT2D eigenvalue weighted by molar-refractivity contribution is 1.18. The minimum atomic E-state index is 0.563. The van der Waals surface area contributed by atoms with Crippen molar-refractivity contribution in [1.82, 2.24) is 14.5 Å². The van der Waals surface area contributed by atoms with E-state index in [9.17, 15) is 5.26 Å². The van der Waals surface area contributed by atoms with Crippen molar-refractivity contribution in [3.05, 3.63) is 120 Å². The molecule has 0 unspecified atom stereocenters. The topological polar surface area (TPSA) is 58.9 Å². The second-order valence-corrected chi connectivity index (χ2v) is 8.19. The third-order valence-corrected chi connectivity index (χ3v) is 6.13. The zero-order valence-electron chi connectivity index (χ0n) is 18.6. The van der Waals surface area contributed by atoms with Gasteiger partial charge in [0.25, 0.3) is 0 Å². The molecule has 5 nitrogen and oxygen atoms in total. The predicted molar refractivity (Wildman–Crippen MR) is 138 cm³/mol. The van der Waals surface area contributed by atoms with Crippen LogP contribution in [0.4, 0.5) is 5.69 Å². The van der Waals surface area contributed by atoms with Gasteiger partial charge in [-0.2, -0.15) is 5.26 Å². The minimum absolute atomic E-state index is 0.563. The number of nitrogens with zero attached hydrogens (tertiary/aromatic N) is 5. The Morgan fingerprint density at radius 2 is 1.34 bits per heavy atom. The molecule has 0 fully saturated rings. The molecule has 3 aromatic carbocycles. The number of para-hydroxylation sites is 1. The number of benzene rings is 3. The number of pyridine rings is 2. The summed E-state index contributed by atoms with van der Waals surface area (Å²) in [5, 5.41) is 11.5. The lowest BCUT2D eigenvalue weighted by Crippen LogP contribution is -1.93. The van der Waals surface area contributed by atoms with Crippen molar-refractivity contribution < 1.29 is 0 Å². The summed E-state index contributed by atoms with van der Waals surface area (Å²) in [5.74, 6) is 0. The quantitative estimate of drug-likeness (QED) is 0.267. The highest BCUT2D eigenvalue weighted by Gasteiger charge is 2.15. The molecule has 0 radical (unpaired) electrons. The summed E-state index contributed by atoms with van der Waals surface area (Å²) in [6.07, 6.45) is 3.34. The van der Waals surface area contributed by atoms with E-state index in [2.05, 4.69) is 67.9 Å². The Balaban J connectivity index is 1.64. The molecule has 0 N–H and O–H groups in total. The molecular weight excluding hydrogens is 430 g/mol. The fourth-order valence-corrected chi connectivity index (χ4v) is 4.50. The molecule has 0 aliphatic carbocycles. The zero-order valence-corrected chi connectivity index (χ0v) is 18.6. The highest BCUT2D eigenvalue weighted by molar-refractivity contribution is 6.11. The highest BCUT2D eigenvalue weighted by Crippen LogP contribution is 2.37. The molecule has 0 saturated carbocycles. The molecule has 5 heteroatoms. The molecule has 3 aromatic heterocycles. The van der Waals surface area contributed by atoms with E-state index in [0.29, 0.717) is 11.3 Å². The third-order valence-electron chi connectivity index (χ3n) is 6.13. The molecule has 162 valence electrons. The van der Waals surface area contributed by atoms with Gasteiger partial charge in [-0.25, -0.2) is 4.85 Å². The molecular formula is C30H17N5. The molecule has 0 aliphatic heterocycles. The summed E-state index contributed by atoms with van der Waals surface area (Å²) in [5.41, 5.74) is 7.78. The van der Waals surface area contributed by atoms with Gasteiger partial charge in [0, 0.05) is 34.4 Å². The molecule has 6 rings (SSSR count). The van der Waals surface area contributed by atoms with E-state index >= 15 is 0 Å². The molecule has 0 aliphatic rings. The van der Waals surface area contributed by atoms with Gasteiger partial charge < -0.3 is 4.57 Å². The molecule has 6 aromatic rings. The maximum Gasteiger partial charge on any atom is 0.190 e. The monoisotopic (exact) mass is 447 g/mol. The van der Waals surface area contributed by atoms with Gasteiger partial charge in [-0.15, -0.1) is 0 Å². The Morgan fingerprint density at radius 3 is 1.97 bits per heavy atom. The third kappa shape index (κ3) is 3.49. The normalized spacial score (nSPS) is 10.8. The second-order valence-electron chi connectivity index (χ2n) is 8.19. The average Bonchev–Trinajstić information content (AvgIpc) is 3.26. The van der Waals surface area contributed by atoms with E-state index in [-0.39, 0.29) is 0 Å². The number of fused-ring (bicyclic) bond motifs is 3. The molecule has 3 heterocycles. The van der Waals surface area contributed by atoms with Crippen LogP contribution in [0.2, 0.25) is 0 Å². The van der Waals surface area contributed by atoms with Crippen LogP contribution in [0.25, 0.3) is 54.9 Å². The molecule has 0 atom stereocenters. The van der Waals surface area contributed by atoms with Crippen LogP contribution in [-0.2, 0) is 0 Å². The fourth-order valence-electron chi connectivity index (χ4n) is 4.50. The van der Waals surface area contributed by atoms with Crippen molar-refractivity contribution in [2.45, 2.75) is 0 Å². The first kappa shape index (κ1) is 20.4. The van der Waals surface area contributed by atoms with Crippen molar-refractivity contribution >= 4 is 27.5 Å². The van der Waals surface area contributed by atoms with Gasteiger partial charge in [0.2, 0.25) is 0 Å². The van der Waals surface area contributed by atoms with E-state index in [1.54, 1.807) is 24.5 Å². The van der Waals surface area contributed by atoms with Crippen LogP contribution in [0.3, 0.4) is 0 Å². The van der Waals surface area contributed by atoms with E-state index in [1.165, 1.54) is 0 Å². The lowest BCUT2D eigenvalue weighted by Gasteiger charge is -2.08. The molecule has 35 heavy (non-hydrogen) atoms.